The molecule has 0 amide bonds. The van der Waals surface area contributed by atoms with E-state index in [4.69, 9.17) is 4.74 Å². The van der Waals surface area contributed by atoms with Gasteiger partial charge in [0.2, 0.25) is 5.95 Å². The van der Waals surface area contributed by atoms with Gasteiger partial charge in [-0.15, -0.1) is 0 Å². The molecule has 0 radical (unpaired) electrons. The summed E-state index contributed by atoms with van der Waals surface area (Å²) in [6.07, 6.45) is 3.64. The second-order valence-electron chi connectivity index (χ2n) is 3.19. The standard InChI is InChI=1S/C11H12BrN3O/c1-13-11-14-5-6-15(11)10-7-8(16-2)3-4-9(10)12/h3-7H,1-2H3,(H,13,14). The van der Waals surface area contributed by atoms with Crippen LogP contribution in [0.3, 0.4) is 0 Å². The number of rotatable bonds is 3. The lowest BCUT2D eigenvalue weighted by Crippen LogP contribution is -2.01. The maximum absolute atomic E-state index is 5.21. The molecule has 0 unspecified atom stereocenters. The minimum Gasteiger partial charge on any atom is -0.497 e. The topological polar surface area (TPSA) is 39.1 Å². The number of hydrogen-bond donors (Lipinski definition) is 1. The third-order valence-corrected chi connectivity index (χ3v) is 2.95. The number of aromatic nitrogens is 2. The van der Waals surface area contributed by atoms with Crippen LogP contribution < -0.4 is 10.1 Å². The highest BCUT2D eigenvalue weighted by atomic mass is 79.9. The Labute approximate surface area is 102 Å². The molecule has 1 aromatic carbocycles. The van der Waals surface area contributed by atoms with Crippen molar-refractivity contribution in [2.45, 2.75) is 0 Å². The van der Waals surface area contributed by atoms with E-state index in [1.165, 1.54) is 0 Å². The van der Waals surface area contributed by atoms with E-state index >= 15 is 0 Å². The van der Waals surface area contributed by atoms with Gasteiger partial charge in [0.25, 0.3) is 0 Å². The van der Waals surface area contributed by atoms with Crippen LogP contribution in [0.25, 0.3) is 5.69 Å². The molecule has 1 aromatic heterocycles. The molecule has 0 atom stereocenters. The summed E-state index contributed by atoms with van der Waals surface area (Å²) in [4.78, 5) is 4.20. The number of methoxy groups -OCH3 is 1. The molecule has 1 N–H and O–H groups in total. The van der Waals surface area contributed by atoms with Crippen LogP contribution in [0, 0.1) is 0 Å². The Morgan fingerprint density at radius 3 is 2.94 bits per heavy atom. The number of benzene rings is 1. The van der Waals surface area contributed by atoms with Crippen molar-refractivity contribution in [3.63, 3.8) is 0 Å². The fourth-order valence-corrected chi connectivity index (χ4v) is 1.92. The Hall–Kier alpha value is -1.49. The Balaban J connectivity index is 2.54. The molecule has 0 bridgehead atoms. The van der Waals surface area contributed by atoms with Crippen molar-refractivity contribution in [3.8, 4) is 11.4 Å². The molecule has 0 aliphatic heterocycles. The van der Waals surface area contributed by atoms with Crippen LogP contribution in [0.2, 0.25) is 0 Å². The quantitative estimate of drug-likeness (QED) is 0.940. The molecule has 84 valence electrons. The Morgan fingerprint density at radius 2 is 2.25 bits per heavy atom. The Kier molecular flexibility index (Phi) is 3.14. The van der Waals surface area contributed by atoms with Crippen LogP contribution in [0.5, 0.6) is 5.75 Å². The highest BCUT2D eigenvalue weighted by Crippen LogP contribution is 2.27. The smallest absolute Gasteiger partial charge is 0.207 e. The Bertz CT molecular complexity index is 496. The molecule has 2 rings (SSSR count). The SMILES string of the molecule is CNc1nccn1-c1cc(OC)ccc1Br. The zero-order valence-electron chi connectivity index (χ0n) is 9.07. The van der Waals surface area contributed by atoms with Crippen molar-refractivity contribution in [3.05, 3.63) is 35.1 Å². The van der Waals surface area contributed by atoms with E-state index in [1.54, 1.807) is 13.3 Å². The minimum absolute atomic E-state index is 0.786. The first-order valence-electron chi connectivity index (χ1n) is 4.81. The van der Waals surface area contributed by atoms with Crippen LogP contribution in [0.1, 0.15) is 0 Å². The summed E-state index contributed by atoms with van der Waals surface area (Å²) in [7, 11) is 3.49. The molecule has 1 heterocycles. The van der Waals surface area contributed by atoms with E-state index in [9.17, 15) is 0 Å². The molecule has 16 heavy (non-hydrogen) atoms. The second-order valence-corrected chi connectivity index (χ2v) is 4.04. The van der Waals surface area contributed by atoms with Crippen molar-refractivity contribution in [2.75, 3.05) is 19.5 Å². The zero-order chi connectivity index (χ0) is 11.5. The molecular weight excluding hydrogens is 270 g/mol. The average Bonchev–Trinajstić information content (AvgIpc) is 2.77. The lowest BCUT2D eigenvalue weighted by Gasteiger charge is -2.10. The minimum atomic E-state index is 0.786. The van der Waals surface area contributed by atoms with Crippen LogP contribution in [-0.2, 0) is 0 Å². The van der Waals surface area contributed by atoms with E-state index in [0.717, 1.165) is 21.9 Å². The molecule has 0 aliphatic rings. The van der Waals surface area contributed by atoms with Crippen LogP contribution >= 0.6 is 15.9 Å². The fraction of sp³-hybridized carbons (Fsp3) is 0.182. The van der Waals surface area contributed by atoms with Crippen molar-refractivity contribution >= 4 is 21.9 Å². The van der Waals surface area contributed by atoms with Gasteiger partial charge >= 0.3 is 0 Å². The van der Waals surface area contributed by atoms with Gasteiger partial charge in [0.15, 0.2) is 0 Å². The molecule has 0 fully saturated rings. The van der Waals surface area contributed by atoms with Crippen LogP contribution in [0.4, 0.5) is 5.95 Å². The van der Waals surface area contributed by atoms with E-state index < -0.39 is 0 Å². The van der Waals surface area contributed by atoms with E-state index in [2.05, 4.69) is 26.2 Å². The summed E-state index contributed by atoms with van der Waals surface area (Å²) in [5, 5.41) is 3.03. The number of halogens is 1. The third kappa shape index (κ3) is 1.90. The maximum atomic E-state index is 5.21. The molecule has 0 saturated carbocycles. The molecule has 0 spiro atoms. The van der Waals surface area contributed by atoms with Crippen molar-refractivity contribution in [1.82, 2.24) is 9.55 Å². The normalized spacial score (nSPS) is 10.2. The summed E-state index contributed by atoms with van der Waals surface area (Å²) >= 11 is 3.51. The van der Waals surface area contributed by atoms with Gasteiger partial charge < -0.3 is 10.1 Å². The number of ether oxygens (including phenoxy) is 1. The number of nitrogens with one attached hydrogen (secondary N) is 1. The van der Waals surface area contributed by atoms with Crippen LogP contribution in [0.15, 0.2) is 35.1 Å². The number of hydrogen-bond acceptors (Lipinski definition) is 3. The first kappa shape index (κ1) is 11.0. The highest BCUT2D eigenvalue weighted by Gasteiger charge is 2.08. The van der Waals surface area contributed by atoms with Crippen LogP contribution in [-0.4, -0.2) is 23.7 Å². The lowest BCUT2D eigenvalue weighted by molar-refractivity contribution is 0.414. The van der Waals surface area contributed by atoms with Gasteiger partial charge in [-0.2, -0.15) is 0 Å². The van der Waals surface area contributed by atoms with E-state index in [0.29, 0.717) is 0 Å². The summed E-state index contributed by atoms with van der Waals surface area (Å²) < 4.78 is 8.15. The van der Waals surface area contributed by atoms with Gasteiger partial charge in [-0.05, 0) is 28.1 Å². The Morgan fingerprint density at radius 1 is 1.44 bits per heavy atom. The first-order chi connectivity index (χ1) is 7.76. The monoisotopic (exact) mass is 281 g/mol. The van der Waals surface area contributed by atoms with Gasteiger partial charge in [0, 0.05) is 30.0 Å². The van der Waals surface area contributed by atoms with Crippen molar-refractivity contribution < 1.29 is 4.74 Å². The summed E-state index contributed by atoms with van der Waals surface area (Å²) in [6, 6.07) is 5.81. The average molecular weight is 282 g/mol. The number of nitrogens with zero attached hydrogens (tertiary/aromatic N) is 2. The summed E-state index contributed by atoms with van der Waals surface area (Å²) in [5.41, 5.74) is 0.987. The van der Waals surface area contributed by atoms with Gasteiger partial charge in [0.05, 0.1) is 12.8 Å². The lowest BCUT2D eigenvalue weighted by atomic mass is 10.3. The van der Waals surface area contributed by atoms with E-state index in [-0.39, 0.29) is 0 Å². The zero-order valence-corrected chi connectivity index (χ0v) is 10.7. The third-order valence-electron chi connectivity index (χ3n) is 2.28. The fourth-order valence-electron chi connectivity index (χ4n) is 1.49. The van der Waals surface area contributed by atoms with E-state index in [1.807, 2.05) is 36.0 Å². The van der Waals surface area contributed by atoms with Crippen molar-refractivity contribution in [2.24, 2.45) is 0 Å². The predicted octanol–water partition coefficient (Wildman–Crippen LogP) is 2.69. The second kappa shape index (κ2) is 4.57. The molecule has 5 heteroatoms. The van der Waals surface area contributed by atoms with Gasteiger partial charge in [-0.1, -0.05) is 0 Å². The van der Waals surface area contributed by atoms with Gasteiger partial charge in [-0.3, -0.25) is 4.57 Å². The molecular formula is C11H12BrN3O. The largest absolute Gasteiger partial charge is 0.497 e. The van der Waals surface area contributed by atoms with Crippen molar-refractivity contribution in [1.29, 1.82) is 0 Å². The molecule has 4 nitrogen and oxygen atoms in total. The first-order valence-corrected chi connectivity index (χ1v) is 5.60. The van der Waals surface area contributed by atoms with Gasteiger partial charge in [0.1, 0.15) is 5.75 Å². The highest BCUT2D eigenvalue weighted by molar-refractivity contribution is 9.10. The maximum Gasteiger partial charge on any atom is 0.207 e. The van der Waals surface area contributed by atoms with Gasteiger partial charge in [-0.25, -0.2) is 4.98 Å². The predicted molar refractivity (Wildman–Crippen MR) is 67.4 cm³/mol. The number of imidazole rings is 1. The molecule has 0 aliphatic carbocycles. The molecule has 2 aromatic rings. The number of anilines is 1. The molecule has 0 saturated heterocycles. The summed E-state index contributed by atoms with van der Waals surface area (Å²) in [6.45, 7) is 0. The summed E-state index contributed by atoms with van der Waals surface area (Å²) in [5.74, 6) is 1.60.